The first-order chi connectivity index (χ1) is 7.74. The summed E-state index contributed by atoms with van der Waals surface area (Å²) in [6.45, 7) is 3.19. The number of amides is 1. The lowest BCUT2D eigenvalue weighted by atomic mass is 10.0. The number of rotatable bonds is 6. The van der Waals surface area contributed by atoms with Gasteiger partial charge < -0.3 is 20.5 Å². The van der Waals surface area contributed by atoms with E-state index in [2.05, 4.69) is 15.4 Å². The molecule has 1 amide bonds. The molecule has 0 aliphatic rings. The molecular formula is C10H18N2O5. The number of hydrogen-bond donors (Lipinski definition) is 3. The van der Waals surface area contributed by atoms with Crippen molar-refractivity contribution in [1.29, 1.82) is 0 Å². The molecule has 7 nitrogen and oxygen atoms in total. The van der Waals surface area contributed by atoms with Crippen LogP contribution in [0, 0.1) is 0 Å². The third-order valence-corrected chi connectivity index (χ3v) is 2.39. The second-order valence-corrected chi connectivity index (χ2v) is 4.02. The Morgan fingerprint density at radius 3 is 2.24 bits per heavy atom. The lowest BCUT2D eigenvalue weighted by molar-refractivity contribution is -0.149. The minimum atomic E-state index is -1.29. The topological polar surface area (TPSA) is 105 Å². The van der Waals surface area contributed by atoms with E-state index in [0.29, 0.717) is 0 Å². The van der Waals surface area contributed by atoms with Crippen LogP contribution in [-0.4, -0.2) is 48.7 Å². The molecule has 0 saturated heterocycles. The molecule has 0 radical (unpaired) electrons. The molecule has 3 N–H and O–H groups in total. The normalized spacial score (nSPS) is 12.7. The summed E-state index contributed by atoms with van der Waals surface area (Å²) >= 11 is 0. The van der Waals surface area contributed by atoms with Gasteiger partial charge in [0.25, 0.3) is 0 Å². The molecule has 0 aliphatic carbocycles. The summed E-state index contributed by atoms with van der Waals surface area (Å²) in [5.74, 6) is -2.48. The molecule has 0 saturated carbocycles. The summed E-state index contributed by atoms with van der Waals surface area (Å²) in [5.41, 5.74) is -0.913. The lowest BCUT2D eigenvalue weighted by Gasteiger charge is -2.25. The molecule has 0 spiro atoms. The lowest BCUT2D eigenvalue weighted by Crippen LogP contribution is -2.55. The Balaban J connectivity index is 4.62. The largest absolute Gasteiger partial charge is 0.480 e. The highest BCUT2D eigenvalue weighted by Gasteiger charge is 2.31. The van der Waals surface area contributed by atoms with Gasteiger partial charge in [0.1, 0.15) is 6.04 Å². The van der Waals surface area contributed by atoms with E-state index in [1.54, 1.807) is 20.9 Å². The highest BCUT2D eigenvalue weighted by atomic mass is 16.5. The van der Waals surface area contributed by atoms with Crippen LogP contribution in [0.3, 0.4) is 0 Å². The number of aliphatic carboxylic acids is 1. The van der Waals surface area contributed by atoms with Crippen LogP contribution >= 0.6 is 0 Å². The van der Waals surface area contributed by atoms with Gasteiger partial charge in [-0.2, -0.15) is 0 Å². The molecule has 17 heavy (non-hydrogen) atoms. The predicted molar refractivity (Wildman–Crippen MR) is 59.3 cm³/mol. The van der Waals surface area contributed by atoms with E-state index >= 15 is 0 Å². The van der Waals surface area contributed by atoms with Crippen LogP contribution in [0.15, 0.2) is 0 Å². The van der Waals surface area contributed by atoms with Crippen LogP contribution in [0.5, 0.6) is 0 Å². The number of methoxy groups -OCH3 is 1. The van der Waals surface area contributed by atoms with Crippen LogP contribution in [0.25, 0.3) is 0 Å². The maximum Gasteiger partial charge on any atom is 0.326 e. The van der Waals surface area contributed by atoms with Gasteiger partial charge in [0, 0.05) is 0 Å². The van der Waals surface area contributed by atoms with E-state index in [1.165, 1.54) is 0 Å². The molecular weight excluding hydrogens is 228 g/mol. The average molecular weight is 246 g/mol. The number of hydrogen-bond acceptors (Lipinski definition) is 5. The highest BCUT2D eigenvalue weighted by Crippen LogP contribution is 2.03. The van der Waals surface area contributed by atoms with Gasteiger partial charge in [-0.15, -0.1) is 0 Å². The average Bonchev–Trinajstić information content (AvgIpc) is 2.27. The van der Waals surface area contributed by atoms with Crippen LogP contribution in [0.2, 0.25) is 0 Å². The third-order valence-electron chi connectivity index (χ3n) is 2.39. The Hall–Kier alpha value is -1.63. The van der Waals surface area contributed by atoms with Crippen LogP contribution in [-0.2, 0) is 19.1 Å². The Morgan fingerprint density at radius 1 is 1.35 bits per heavy atom. The third kappa shape index (κ3) is 4.81. The fourth-order valence-electron chi connectivity index (χ4n) is 0.902. The van der Waals surface area contributed by atoms with Crippen molar-refractivity contribution in [2.45, 2.75) is 31.8 Å². The second-order valence-electron chi connectivity index (χ2n) is 4.02. The number of nitrogens with one attached hydrogen (secondary N) is 2. The molecule has 0 rings (SSSR count). The van der Waals surface area contributed by atoms with E-state index in [0.717, 1.165) is 7.11 Å². The first-order valence-electron chi connectivity index (χ1n) is 5.04. The van der Waals surface area contributed by atoms with Crippen molar-refractivity contribution in [1.82, 2.24) is 10.6 Å². The first-order valence-corrected chi connectivity index (χ1v) is 5.04. The van der Waals surface area contributed by atoms with Crippen molar-refractivity contribution < 1.29 is 24.2 Å². The molecule has 0 aliphatic heterocycles. The van der Waals surface area contributed by atoms with Gasteiger partial charge in [0.05, 0.1) is 19.1 Å². The van der Waals surface area contributed by atoms with Crippen LogP contribution < -0.4 is 10.6 Å². The predicted octanol–water partition coefficient (Wildman–Crippen LogP) is -0.883. The van der Waals surface area contributed by atoms with Crippen molar-refractivity contribution in [3.8, 4) is 0 Å². The second kappa shape index (κ2) is 6.19. The Kier molecular flexibility index (Phi) is 5.60. The molecule has 0 aromatic rings. The molecule has 0 aromatic carbocycles. The molecule has 1 atom stereocenters. The zero-order valence-electron chi connectivity index (χ0n) is 10.4. The number of carboxylic acids is 1. The summed E-state index contributed by atoms with van der Waals surface area (Å²) in [7, 11) is 2.73. The van der Waals surface area contributed by atoms with Crippen LogP contribution in [0.1, 0.15) is 20.3 Å². The van der Waals surface area contributed by atoms with Crippen molar-refractivity contribution in [2.24, 2.45) is 0 Å². The van der Waals surface area contributed by atoms with Crippen molar-refractivity contribution in [2.75, 3.05) is 14.2 Å². The van der Waals surface area contributed by atoms with Gasteiger partial charge in [-0.25, -0.2) is 4.79 Å². The fourth-order valence-corrected chi connectivity index (χ4v) is 0.902. The maximum atomic E-state index is 11.7. The van der Waals surface area contributed by atoms with Crippen molar-refractivity contribution >= 4 is 17.8 Å². The minimum Gasteiger partial charge on any atom is -0.480 e. The summed E-state index contributed by atoms with van der Waals surface area (Å²) < 4.78 is 4.36. The Labute approximate surface area is 99.5 Å². The van der Waals surface area contributed by atoms with E-state index in [9.17, 15) is 14.4 Å². The summed E-state index contributed by atoms with van der Waals surface area (Å²) in [6, 6.07) is -1.29. The quantitative estimate of drug-likeness (QED) is 0.525. The Morgan fingerprint density at radius 2 is 1.88 bits per heavy atom. The van der Waals surface area contributed by atoms with Crippen LogP contribution in [0.4, 0.5) is 0 Å². The van der Waals surface area contributed by atoms with Gasteiger partial charge in [-0.3, -0.25) is 9.59 Å². The molecule has 0 bridgehead atoms. The molecule has 0 fully saturated rings. The molecule has 0 unspecified atom stereocenters. The maximum absolute atomic E-state index is 11.7. The van der Waals surface area contributed by atoms with Gasteiger partial charge in [0.15, 0.2) is 0 Å². The van der Waals surface area contributed by atoms with E-state index in [4.69, 9.17) is 5.11 Å². The molecule has 98 valence electrons. The summed E-state index contributed by atoms with van der Waals surface area (Å²) in [4.78, 5) is 33.5. The minimum absolute atomic E-state index is 0.405. The molecule has 7 heteroatoms. The van der Waals surface area contributed by atoms with Crippen molar-refractivity contribution in [3.63, 3.8) is 0 Å². The van der Waals surface area contributed by atoms with E-state index < -0.39 is 35.8 Å². The fraction of sp³-hybridized carbons (Fsp3) is 0.700. The SMILES string of the molecule is CNC(C)(C)C(=O)N[C@@H](CC(=O)OC)C(=O)O. The number of carbonyl (C=O) groups is 3. The monoisotopic (exact) mass is 246 g/mol. The number of carbonyl (C=O) groups excluding carboxylic acids is 2. The van der Waals surface area contributed by atoms with Gasteiger partial charge in [0.2, 0.25) is 5.91 Å². The Bertz CT molecular complexity index is 314. The van der Waals surface area contributed by atoms with Crippen molar-refractivity contribution in [3.05, 3.63) is 0 Å². The summed E-state index contributed by atoms with van der Waals surface area (Å²) in [6.07, 6.45) is -0.405. The number of likely N-dealkylation sites (N-methyl/N-ethyl adjacent to an activating group) is 1. The summed E-state index contributed by atoms with van der Waals surface area (Å²) in [5, 5.41) is 13.9. The van der Waals surface area contributed by atoms with Gasteiger partial charge in [-0.1, -0.05) is 0 Å². The van der Waals surface area contributed by atoms with Gasteiger partial charge >= 0.3 is 11.9 Å². The standard InChI is InChI=1S/C10H18N2O5/c1-10(2,11-3)9(16)12-6(8(14)15)5-7(13)17-4/h6,11H,5H2,1-4H3,(H,12,16)(H,14,15)/t6-/m0/s1. The smallest absolute Gasteiger partial charge is 0.326 e. The highest BCUT2D eigenvalue weighted by molar-refractivity contribution is 5.91. The van der Waals surface area contributed by atoms with E-state index in [-0.39, 0.29) is 0 Å². The zero-order valence-corrected chi connectivity index (χ0v) is 10.4. The molecule has 0 aromatic heterocycles. The number of carboxylic acid groups (broad SMARTS) is 1. The number of esters is 1. The molecule has 0 heterocycles. The van der Waals surface area contributed by atoms with Gasteiger partial charge in [-0.05, 0) is 20.9 Å². The first kappa shape index (κ1) is 15.4. The van der Waals surface area contributed by atoms with E-state index in [1.807, 2.05) is 0 Å². The zero-order chi connectivity index (χ0) is 13.6. The number of ether oxygens (including phenoxy) is 1.